The topological polar surface area (TPSA) is 72.3 Å². The molecule has 5 heteroatoms. The number of aromatic hydroxyl groups is 1. The minimum absolute atomic E-state index is 0.0144. The number of benzene rings is 1. The third kappa shape index (κ3) is 1.76. The second kappa shape index (κ2) is 3.61. The molecule has 0 saturated heterocycles. The first-order valence-electron chi connectivity index (χ1n) is 4.31. The molecule has 15 heavy (non-hydrogen) atoms. The van der Waals surface area contributed by atoms with E-state index in [2.05, 4.69) is 9.68 Å². The minimum atomic E-state index is -0.597. The lowest BCUT2D eigenvalue weighted by Gasteiger charge is -2.01. The lowest BCUT2D eigenvalue weighted by Crippen LogP contribution is -1.83. The lowest BCUT2D eigenvalue weighted by atomic mass is 10.1. The molecule has 0 bridgehead atoms. The van der Waals surface area contributed by atoms with Crippen molar-refractivity contribution in [2.75, 3.05) is 5.73 Å². The molecular formula is C10H9FN2O2. The van der Waals surface area contributed by atoms with Crippen molar-refractivity contribution < 1.29 is 14.0 Å². The SMILES string of the molecule is Nc1cc(-c2cc(CF)ccc2O)no1. The number of nitrogens with two attached hydrogens (primary N) is 1. The highest BCUT2D eigenvalue weighted by Gasteiger charge is 2.10. The maximum atomic E-state index is 12.4. The molecule has 78 valence electrons. The molecule has 0 amide bonds. The van der Waals surface area contributed by atoms with Gasteiger partial charge < -0.3 is 15.4 Å². The highest BCUT2D eigenvalue weighted by Crippen LogP contribution is 2.30. The number of phenols is 1. The first kappa shape index (κ1) is 9.51. The van der Waals surface area contributed by atoms with Crippen molar-refractivity contribution in [3.8, 4) is 17.0 Å². The van der Waals surface area contributed by atoms with E-state index in [1.807, 2.05) is 0 Å². The Morgan fingerprint density at radius 1 is 1.40 bits per heavy atom. The van der Waals surface area contributed by atoms with Crippen LogP contribution in [0.5, 0.6) is 5.75 Å². The molecule has 0 radical (unpaired) electrons. The van der Waals surface area contributed by atoms with E-state index in [9.17, 15) is 9.50 Å². The molecule has 0 spiro atoms. The highest BCUT2D eigenvalue weighted by atomic mass is 19.1. The molecule has 1 aromatic carbocycles. The molecule has 3 N–H and O–H groups in total. The molecule has 0 aliphatic carbocycles. The Kier molecular flexibility index (Phi) is 2.29. The largest absolute Gasteiger partial charge is 0.507 e. The van der Waals surface area contributed by atoms with Crippen LogP contribution in [0.4, 0.5) is 10.3 Å². The van der Waals surface area contributed by atoms with Gasteiger partial charge in [0.2, 0.25) is 5.88 Å². The number of halogens is 1. The van der Waals surface area contributed by atoms with Crippen LogP contribution in [-0.2, 0) is 6.67 Å². The Labute approximate surface area is 85.1 Å². The maximum absolute atomic E-state index is 12.4. The molecule has 1 aromatic heterocycles. The monoisotopic (exact) mass is 208 g/mol. The fourth-order valence-corrected chi connectivity index (χ4v) is 1.29. The third-order valence-electron chi connectivity index (χ3n) is 2.02. The fourth-order valence-electron chi connectivity index (χ4n) is 1.29. The Morgan fingerprint density at radius 3 is 2.80 bits per heavy atom. The van der Waals surface area contributed by atoms with Crippen molar-refractivity contribution in [2.24, 2.45) is 0 Å². The molecule has 1 heterocycles. The Bertz CT molecular complexity index is 482. The minimum Gasteiger partial charge on any atom is -0.507 e. The summed E-state index contributed by atoms with van der Waals surface area (Å²) in [5, 5.41) is 13.2. The van der Waals surface area contributed by atoms with Gasteiger partial charge in [0, 0.05) is 11.6 Å². The molecule has 2 aromatic rings. The highest BCUT2D eigenvalue weighted by molar-refractivity contribution is 5.68. The van der Waals surface area contributed by atoms with E-state index in [-0.39, 0.29) is 11.6 Å². The summed E-state index contributed by atoms with van der Waals surface area (Å²) in [5.41, 5.74) is 6.61. The van der Waals surface area contributed by atoms with Gasteiger partial charge in [-0.2, -0.15) is 0 Å². The first-order valence-corrected chi connectivity index (χ1v) is 4.31. The summed E-state index contributed by atoms with van der Waals surface area (Å²) in [4.78, 5) is 0. The second-order valence-electron chi connectivity index (χ2n) is 3.10. The van der Waals surface area contributed by atoms with Gasteiger partial charge in [0.05, 0.1) is 0 Å². The van der Waals surface area contributed by atoms with Gasteiger partial charge in [0.1, 0.15) is 18.1 Å². The number of rotatable bonds is 2. The molecule has 0 fully saturated rings. The summed E-state index contributed by atoms with van der Waals surface area (Å²) < 4.78 is 17.1. The standard InChI is InChI=1S/C10H9FN2O2/c11-5-6-1-2-9(14)7(3-6)8-4-10(12)15-13-8/h1-4,14H,5,12H2. The van der Waals surface area contributed by atoms with Crippen molar-refractivity contribution in [1.29, 1.82) is 0 Å². The summed E-state index contributed by atoms with van der Waals surface area (Å²) in [6.45, 7) is -0.597. The van der Waals surface area contributed by atoms with E-state index in [1.54, 1.807) is 0 Å². The maximum Gasteiger partial charge on any atom is 0.222 e. The van der Waals surface area contributed by atoms with Crippen molar-refractivity contribution >= 4 is 5.88 Å². The molecule has 0 aliphatic rings. The zero-order chi connectivity index (χ0) is 10.8. The van der Waals surface area contributed by atoms with Crippen LogP contribution in [0.15, 0.2) is 28.8 Å². The molecule has 0 saturated carbocycles. The summed E-state index contributed by atoms with van der Waals surface area (Å²) >= 11 is 0. The van der Waals surface area contributed by atoms with E-state index < -0.39 is 6.67 Å². The lowest BCUT2D eigenvalue weighted by molar-refractivity contribution is 0.437. The Balaban J connectivity index is 2.51. The molecule has 0 aliphatic heterocycles. The third-order valence-corrected chi connectivity index (χ3v) is 2.02. The quantitative estimate of drug-likeness (QED) is 0.792. The van der Waals surface area contributed by atoms with E-state index in [0.29, 0.717) is 16.8 Å². The number of phenolic OH excluding ortho intramolecular Hbond substituents is 1. The average Bonchev–Trinajstić information content (AvgIpc) is 2.65. The van der Waals surface area contributed by atoms with Gasteiger partial charge in [0.15, 0.2) is 0 Å². The van der Waals surface area contributed by atoms with Crippen LogP contribution < -0.4 is 5.73 Å². The smallest absolute Gasteiger partial charge is 0.222 e. The summed E-state index contributed by atoms with van der Waals surface area (Å²) in [5.74, 6) is 0.163. The first-order chi connectivity index (χ1) is 7.20. The number of aromatic nitrogens is 1. The van der Waals surface area contributed by atoms with Gasteiger partial charge in [0.25, 0.3) is 0 Å². The molecule has 4 nitrogen and oxygen atoms in total. The number of nitrogens with zero attached hydrogens (tertiary/aromatic N) is 1. The van der Waals surface area contributed by atoms with Gasteiger partial charge in [-0.15, -0.1) is 0 Å². The molecule has 0 unspecified atom stereocenters. The van der Waals surface area contributed by atoms with Crippen LogP contribution in [0, 0.1) is 0 Å². The van der Waals surface area contributed by atoms with Gasteiger partial charge >= 0.3 is 0 Å². The number of alkyl halides is 1. The average molecular weight is 208 g/mol. The van der Waals surface area contributed by atoms with Crippen molar-refractivity contribution in [3.63, 3.8) is 0 Å². The Hall–Kier alpha value is -2.04. The van der Waals surface area contributed by atoms with Gasteiger partial charge in [-0.3, -0.25) is 0 Å². The molecule has 2 rings (SSSR count). The van der Waals surface area contributed by atoms with Crippen LogP contribution in [-0.4, -0.2) is 10.3 Å². The van der Waals surface area contributed by atoms with Crippen molar-refractivity contribution in [3.05, 3.63) is 29.8 Å². The van der Waals surface area contributed by atoms with Crippen LogP contribution >= 0.6 is 0 Å². The normalized spacial score (nSPS) is 10.5. The number of hydrogen-bond donors (Lipinski definition) is 2. The van der Waals surface area contributed by atoms with E-state index in [4.69, 9.17) is 5.73 Å². The summed E-state index contributed by atoms with van der Waals surface area (Å²) in [7, 11) is 0. The predicted octanol–water partition coefficient (Wildman–Crippen LogP) is 2.10. The summed E-state index contributed by atoms with van der Waals surface area (Å²) in [6.07, 6.45) is 0. The van der Waals surface area contributed by atoms with E-state index >= 15 is 0 Å². The predicted molar refractivity (Wildman–Crippen MR) is 52.8 cm³/mol. The number of hydrogen-bond acceptors (Lipinski definition) is 4. The number of anilines is 1. The van der Waals surface area contributed by atoms with E-state index in [1.165, 1.54) is 24.3 Å². The molecule has 0 atom stereocenters. The van der Waals surface area contributed by atoms with Crippen molar-refractivity contribution in [2.45, 2.75) is 6.67 Å². The summed E-state index contributed by atoms with van der Waals surface area (Å²) in [6, 6.07) is 5.89. The van der Waals surface area contributed by atoms with Gasteiger partial charge in [-0.1, -0.05) is 11.2 Å². The second-order valence-corrected chi connectivity index (χ2v) is 3.10. The zero-order valence-electron chi connectivity index (χ0n) is 7.77. The van der Waals surface area contributed by atoms with Crippen LogP contribution in [0.1, 0.15) is 5.56 Å². The fraction of sp³-hybridized carbons (Fsp3) is 0.100. The van der Waals surface area contributed by atoms with Crippen LogP contribution in [0.3, 0.4) is 0 Å². The van der Waals surface area contributed by atoms with Crippen LogP contribution in [0.2, 0.25) is 0 Å². The van der Waals surface area contributed by atoms with Gasteiger partial charge in [-0.05, 0) is 17.7 Å². The van der Waals surface area contributed by atoms with Crippen LogP contribution in [0.25, 0.3) is 11.3 Å². The Morgan fingerprint density at radius 2 is 2.20 bits per heavy atom. The van der Waals surface area contributed by atoms with Gasteiger partial charge in [-0.25, -0.2) is 4.39 Å². The van der Waals surface area contributed by atoms with E-state index in [0.717, 1.165) is 0 Å². The molecular weight excluding hydrogens is 199 g/mol. The number of nitrogen functional groups attached to an aromatic ring is 1. The zero-order valence-corrected chi connectivity index (χ0v) is 7.77. The van der Waals surface area contributed by atoms with Crippen molar-refractivity contribution in [1.82, 2.24) is 5.16 Å².